The second-order valence-electron chi connectivity index (χ2n) is 4.05. The van der Waals surface area contributed by atoms with E-state index in [1.54, 1.807) is 0 Å². The largest absolute Gasteiger partial charge is 0.389 e. The highest BCUT2D eigenvalue weighted by Gasteiger charge is 2.16. The second kappa shape index (κ2) is 5.64. The van der Waals surface area contributed by atoms with Crippen LogP contribution in [-0.4, -0.2) is 17.3 Å². The number of nitrogens with one attached hydrogen (secondary N) is 1. The van der Waals surface area contributed by atoms with Gasteiger partial charge in [0.05, 0.1) is 5.60 Å². The van der Waals surface area contributed by atoms with Crippen LogP contribution in [0, 0.1) is 0 Å². The van der Waals surface area contributed by atoms with E-state index < -0.39 is 5.60 Å². The second-order valence-corrected chi connectivity index (χ2v) is 4.90. The van der Waals surface area contributed by atoms with Crippen molar-refractivity contribution >= 4 is 15.9 Å². The monoisotopic (exact) mass is 271 g/mol. The van der Waals surface area contributed by atoms with Gasteiger partial charge in [0.15, 0.2) is 0 Å². The van der Waals surface area contributed by atoms with Crippen molar-refractivity contribution in [2.24, 2.45) is 0 Å². The van der Waals surface area contributed by atoms with E-state index >= 15 is 0 Å². The van der Waals surface area contributed by atoms with Crippen molar-refractivity contribution in [3.63, 3.8) is 0 Å². The van der Waals surface area contributed by atoms with Gasteiger partial charge < -0.3 is 10.4 Å². The highest BCUT2D eigenvalue weighted by atomic mass is 79.9. The molecule has 2 nitrogen and oxygen atoms in total. The normalized spacial score (nSPS) is 14.9. The van der Waals surface area contributed by atoms with E-state index in [0.717, 1.165) is 17.4 Å². The first-order valence-corrected chi connectivity index (χ1v) is 6.01. The Kier molecular flexibility index (Phi) is 4.77. The first-order valence-electron chi connectivity index (χ1n) is 5.21. The van der Waals surface area contributed by atoms with Gasteiger partial charge in [-0.05, 0) is 25.0 Å². The topological polar surface area (TPSA) is 32.3 Å². The minimum Gasteiger partial charge on any atom is -0.389 e. The molecule has 0 saturated heterocycles. The Labute approximate surface area is 99.8 Å². The summed E-state index contributed by atoms with van der Waals surface area (Å²) in [6.45, 7) is 5.22. The molecule has 0 bridgehead atoms. The van der Waals surface area contributed by atoms with E-state index in [4.69, 9.17) is 0 Å². The van der Waals surface area contributed by atoms with Gasteiger partial charge in [-0.2, -0.15) is 0 Å². The summed E-state index contributed by atoms with van der Waals surface area (Å²) >= 11 is 3.49. The fraction of sp³-hybridized carbons (Fsp3) is 0.500. The zero-order chi connectivity index (χ0) is 11.3. The molecule has 1 unspecified atom stereocenters. The summed E-state index contributed by atoms with van der Waals surface area (Å²) in [6, 6.07) is 8.10. The summed E-state index contributed by atoms with van der Waals surface area (Å²) in [5.74, 6) is 0. The Morgan fingerprint density at radius 1 is 1.40 bits per heavy atom. The zero-order valence-electron chi connectivity index (χ0n) is 9.26. The molecule has 0 amide bonds. The maximum absolute atomic E-state index is 9.80. The maximum atomic E-state index is 9.80. The summed E-state index contributed by atoms with van der Waals surface area (Å²) in [4.78, 5) is 0. The molecule has 0 spiro atoms. The van der Waals surface area contributed by atoms with Gasteiger partial charge in [-0.25, -0.2) is 0 Å². The van der Waals surface area contributed by atoms with E-state index in [1.165, 1.54) is 5.56 Å². The molecule has 0 saturated carbocycles. The van der Waals surface area contributed by atoms with Crippen LogP contribution in [0.2, 0.25) is 0 Å². The van der Waals surface area contributed by atoms with E-state index in [2.05, 4.69) is 27.3 Å². The number of hydrogen-bond donors (Lipinski definition) is 2. The molecule has 0 heterocycles. The van der Waals surface area contributed by atoms with Gasteiger partial charge in [0.2, 0.25) is 0 Å². The number of aliphatic hydroxyl groups is 1. The molecule has 0 aliphatic heterocycles. The SMILES string of the molecule is CCC(C)(O)CNCc1ccccc1Br. The smallest absolute Gasteiger partial charge is 0.0741 e. The fourth-order valence-corrected chi connectivity index (χ4v) is 1.66. The zero-order valence-corrected chi connectivity index (χ0v) is 10.8. The first-order chi connectivity index (χ1) is 7.05. The summed E-state index contributed by atoms with van der Waals surface area (Å²) in [7, 11) is 0. The van der Waals surface area contributed by atoms with Crippen LogP contribution >= 0.6 is 15.9 Å². The molecule has 84 valence electrons. The Balaban J connectivity index is 2.42. The van der Waals surface area contributed by atoms with Crippen molar-refractivity contribution < 1.29 is 5.11 Å². The maximum Gasteiger partial charge on any atom is 0.0741 e. The summed E-state index contributed by atoms with van der Waals surface area (Å²) in [5.41, 5.74) is 0.603. The average molecular weight is 272 g/mol. The Morgan fingerprint density at radius 2 is 2.07 bits per heavy atom. The van der Waals surface area contributed by atoms with E-state index in [0.29, 0.717) is 6.54 Å². The minimum absolute atomic E-state index is 0.610. The van der Waals surface area contributed by atoms with Gasteiger partial charge in [0, 0.05) is 17.6 Å². The van der Waals surface area contributed by atoms with Crippen LogP contribution in [0.4, 0.5) is 0 Å². The molecule has 1 aromatic rings. The van der Waals surface area contributed by atoms with Crippen LogP contribution in [0.15, 0.2) is 28.7 Å². The molecular formula is C12H18BrNO. The molecule has 1 atom stereocenters. The summed E-state index contributed by atoms with van der Waals surface area (Å²) in [6.07, 6.45) is 0.760. The Morgan fingerprint density at radius 3 is 2.67 bits per heavy atom. The van der Waals surface area contributed by atoms with Gasteiger partial charge in [0.25, 0.3) is 0 Å². The van der Waals surface area contributed by atoms with Crippen molar-refractivity contribution in [1.82, 2.24) is 5.32 Å². The number of benzene rings is 1. The molecule has 0 aromatic heterocycles. The van der Waals surface area contributed by atoms with E-state index in [1.807, 2.05) is 32.0 Å². The predicted molar refractivity (Wildman–Crippen MR) is 66.8 cm³/mol. The third-order valence-corrected chi connectivity index (χ3v) is 3.31. The third kappa shape index (κ3) is 4.33. The average Bonchev–Trinajstić information content (AvgIpc) is 2.21. The molecule has 0 fully saturated rings. The van der Waals surface area contributed by atoms with Crippen molar-refractivity contribution in [2.45, 2.75) is 32.4 Å². The van der Waals surface area contributed by atoms with Gasteiger partial charge in [-0.1, -0.05) is 41.1 Å². The standard InChI is InChI=1S/C12H18BrNO/c1-3-12(2,15)9-14-8-10-6-4-5-7-11(10)13/h4-7,14-15H,3,8-9H2,1-2H3. The van der Waals surface area contributed by atoms with E-state index in [-0.39, 0.29) is 0 Å². The Bertz CT molecular complexity index is 312. The highest BCUT2D eigenvalue weighted by Crippen LogP contribution is 2.15. The number of halogens is 1. The highest BCUT2D eigenvalue weighted by molar-refractivity contribution is 9.10. The lowest BCUT2D eigenvalue weighted by Gasteiger charge is -2.21. The summed E-state index contributed by atoms with van der Waals surface area (Å²) in [5, 5.41) is 13.1. The predicted octanol–water partition coefficient (Wildman–Crippen LogP) is 2.70. The van der Waals surface area contributed by atoms with Crippen LogP contribution in [0.1, 0.15) is 25.8 Å². The van der Waals surface area contributed by atoms with Gasteiger partial charge in [0.1, 0.15) is 0 Å². The number of hydrogen-bond acceptors (Lipinski definition) is 2. The minimum atomic E-state index is -0.610. The molecule has 2 N–H and O–H groups in total. The van der Waals surface area contributed by atoms with Crippen LogP contribution in [0.25, 0.3) is 0 Å². The van der Waals surface area contributed by atoms with Crippen LogP contribution in [0.5, 0.6) is 0 Å². The van der Waals surface area contributed by atoms with Crippen molar-refractivity contribution in [3.05, 3.63) is 34.3 Å². The molecule has 1 aromatic carbocycles. The van der Waals surface area contributed by atoms with Crippen LogP contribution in [-0.2, 0) is 6.54 Å². The van der Waals surface area contributed by atoms with Gasteiger partial charge in [-0.15, -0.1) is 0 Å². The Hall–Kier alpha value is -0.380. The van der Waals surface area contributed by atoms with Crippen LogP contribution < -0.4 is 5.32 Å². The molecule has 0 aliphatic rings. The van der Waals surface area contributed by atoms with Crippen LogP contribution in [0.3, 0.4) is 0 Å². The molecule has 0 radical (unpaired) electrons. The third-order valence-electron chi connectivity index (χ3n) is 2.54. The quantitative estimate of drug-likeness (QED) is 0.863. The van der Waals surface area contributed by atoms with Crippen molar-refractivity contribution in [3.8, 4) is 0 Å². The number of rotatable bonds is 5. The lowest BCUT2D eigenvalue weighted by atomic mass is 10.0. The fourth-order valence-electron chi connectivity index (χ4n) is 1.23. The lowest BCUT2D eigenvalue weighted by molar-refractivity contribution is 0.0555. The molecule has 0 aliphatic carbocycles. The lowest BCUT2D eigenvalue weighted by Crippen LogP contribution is -2.36. The van der Waals surface area contributed by atoms with Crippen molar-refractivity contribution in [2.75, 3.05) is 6.54 Å². The van der Waals surface area contributed by atoms with E-state index in [9.17, 15) is 5.11 Å². The van der Waals surface area contributed by atoms with Crippen molar-refractivity contribution in [1.29, 1.82) is 0 Å². The van der Waals surface area contributed by atoms with Gasteiger partial charge >= 0.3 is 0 Å². The molecule has 15 heavy (non-hydrogen) atoms. The molecule has 3 heteroatoms. The van der Waals surface area contributed by atoms with Gasteiger partial charge in [-0.3, -0.25) is 0 Å². The first kappa shape index (κ1) is 12.7. The summed E-state index contributed by atoms with van der Waals surface area (Å²) < 4.78 is 1.11. The molecular weight excluding hydrogens is 254 g/mol. The molecule has 1 rings (SSSR count).